The molecule has 0 unspecified atom stereocenters. The monoisotopic (exact) mass is 573 g/mol. The molecule has 4 heterocycles. The zero-order valence-electron chi connectivity index (χ0n) is 25.9. The summed E-state index contributed by atoms with van der Waals surface area (Å²) in [5, 5.41) is 5.55. The summed E-state index contributed by atoms with van der Waals surface area (Å²) in [7, 11) is 5.93. The van der Waals surface area contributed by atoms with Crippen molar-refractivity contribution >= 4 is 28.3 Å². The minimum absolute atomic E-state index is 0.147. The molecule has 0 atom stereocenters. The fourth-order valence-corrected chi connectivity index (χ4v) is 6.13. The van der Waals surface area contributed by atoms with E-state index in [2.05, 4.69) is 89.8 Å². The smallest absolute Gasteiger partial charge is 0.250 e. The molecule has 8 nitrogen and oxygen atoms in total. The van der Waals surface area contributed by atoms with Crippen LogP contribution >= 0.6 is 0 Å². The SMILES string of the molecule is C=CC(=O)N(C)c1cc(-c2c(-c3ccc(N4CCN(C)CC4)cc3)[nH]c3ncc(-c4cnn(C)c4C)c(C)c23)ccc1C. The molecule has 220 valence electrons. The number of nitrogens with zero attached hydrogens (tertiary/aromatic N) is 6. The van der Waals surface area contributed by atoms with Gasteiger partial charge < -0.3 is 19.7 Å². The Morgan fingerprint density at radius 3 is 2.30 bits per heavy atom. The van der Waals surface area contributed by atoms with Crippen molar-refractivity contribution in [2.24, 2.45) is 7.05 Å². The maximum atomic E-state index is 12.6. The summed E-state index contributed by atoms with van der Waals surface area (Å²) in [6.45, 7) is 14.1. The normalized spacial score (nSPS) is 14.0. The maximum absolute atomic E-state index is 12.6. The lowest BCUT2D eigenvalue weighted by atomic mass is 9.93. The molecule has 0 aliphatic carbocycles. The highest BCUT2D eigenvalue weighted by Gasteiger charge is 2.23. The fourth-order valence-electron chi connectivity index (χ4n) is 6.13. The van der Waals surface area contributed by atoms with Gasteiger partial charge in [0.2, 0.25) is 5.91 Å². The number of H-pyrrole nitrogens is 1. The number of pyridine rings is 1. The third-order valence-corrected chi connectivity index (χ3v) is 9.00. The molecule has 1 amide bonds. The molecule has 1 aliphatic rings. The molecule has 1 N–H and O–H groups in total. The van der Waals surface area contributed by atoms with Gasteiger partial charge >= 0.3 is 0 Å². The van der Waals surface area contributed by atoms with Crippen LogP contribution in [-0.2, 0) is 11.8 Å². The van der Waals surface area contributed by atoms with Crippen LogP contribution in [0.25, 0.3) is 44.5 Å². The first-order valence-corrected chi connectivity index (χ1v) is 14.7. The van der Waals surface area contributed by atoms with Crippen LogP contribution in [0.15, 0.2) is 67.5 Å². The summed E-state index contributed by atoms with van der Waals surface area (Å²) in [4.78, 5) is 27.7. The Balaban J connectivity index is 1.55. The van der Waals surface area contributed by atoms with E-state index in [4.69, 9.17) is 4.98 Å². The van der Waals surface area contributed by atoms with E-state index in [9.17, 15) is 4.79 Å². The third kappa shape index (κ3) is 5.02. The number of carbonyl (C=O) groups excluding carboxylic acids is 1. The summed E-state index contributed by atoms with van der Waals surface area (Å²) >= 11 is 0. The molecule has 0 bridgehead atoms. The van der Waals surface area contributed by atoms with Gasteiger partial charge in [-0.3, -0.25) is 9.48 Å². The second kappa shape index (κ2) is 11.2. The van der Waals surface area contributed by atoms with E-state index in [1.807, 2.05) is 31.0 Å². The van der Waals surface area contributed by atoms with Crippen molar-refractivity contribution < 1.29 is 4.79 Å². The van der Waals surface area contributed by atoms with E-state index in [1.165, 1.54) is 11.8 Å². The molecule has 8 heteroatoms. The van der Waals surface area contributed by atoms with Gasteiger partial charge in [0.1, 0.15) is 5.65 Å². The summed E-state index contributed by atoms with van der Waals surface area (Å²) in [6.07, 6.45) is 5.20. The number of aryl methyl sites for hydroxylation is 3. The highest BCUT2D eigenvalue weighted by Crippen LogP contribution is 2.43. The number of rotatable bonds is 6. The number of carbonyl (C=O) groups is 1. The number of aromatic nitrogens is 4. The molecular formula is C35H39N7O. The van der Waals surface area contributed by atoms with E-state index in [0.717, 1.165) is 93.2 Å². The van der Waals surface area contributed by atoms with Gasteiger partial charge in [-0.25, -0.2) is 4.98 Å². The minimum Gasteiger partial charge on any atom is -0.369 e. The molecule has 1 saturated heterocycles. The Morgan fingerprint density at radius 2 is 1.65 bits per heavy atom. The van der Waals surface area contributed by atoms with Crippen LogP contribution in [0.2, 0.25) is 0 Å². The summed E-state index contributed by atoms with van der Waals surface area (Å²) < 4.78 is 1.89. The van der Waals surface area contributed by atoms with Crippen molar-refractivity contribution in [1.29, 1.82) is 0 Å². The van der Waals surface area contributed by atoms with Crippen molar-refractivity contribution in [3.05, 3.63) is 84.3 Å². The number of anilines is 2. The van der Waals surface area contributed by atoms with Crippen molar-refractivity contribution in [3.8, 4) is 33.5 Å². The molecule has 1 aliphatic heterocycles. The number of benzene rings is 2. The predicted molar refractivity (Wildman–Crippen MR) is 177 cm³/mol. The molecule has 3 aromatic heterocycles. The summed E-state index contributed by atoms with van der Waals surface area (Å²) in [6, 6.07) is 15.2. The van der Waals surface area contributed by atoms with Gasteiger partial charge in [0.25, 0.3) is 0 Å². The number of amides is 1. The topological polar surface area (TPSA) is 73.3 Å². The van der Waals surface area contributed by atoms with Crippen LogP contribution in [0.1, 0.15) is 16.8 Å². The van der Waals surface area contributed by atoms with E-state index < -0.39 is 0 Å². The highest BCUT2D eigenvalue weighted by molar-refractivity contribution is 6.07. The molecule has 0 spiro atoms. The van der Waals surface area contributed by atoms with E-state index in [0.29, 0.717) is 0 Å². The zero-order valence-corrected chi connectivity index (χ0v) is 25.9. The number of fused-ring (bicyclic) bond motifs is 1. The summed E-state index contributed by atoms with van der Waals surface area (Å²) in [5.41, 5.74) is 12.4. The number of piperazine rings is 1. The molecule has 43 heavy (non-hydrogen) atoms. The third-order valence-electron chi connectivity index (χ3n) is 9.00. The fraction of sp³-hybridized carbons (Fsp3) is 0.286. The van der Waals surface area contributed by atoms with Crippen LogP contribution in [0.4, 0.5) is 11.4 Å². The minimum atomic E-state index is -0.147. The van der Waals surface area contributed by atoms with Crippen LogP contribution < -0.4 is 9.80 Å². The lowest BCUT2D eigenvalue weighted by Crippen LogP contribution is -2.44. The zero-order chi connectivity index (χ0) is 30.4. The molecule has 2 aromatic carbocycles. The number of hydrogen-bond donors (Lipinski definition) is 1. The first kappa shape index (κ1) is 28.4. The molecule has 5 aromatic rings. The van der Waals surface area contributed by atoms with Crippen molar-refractivity contribution in [3.63, 3.8) is 0 Å². The molecule has 6 rings (SSSR count). The van der Waals surface area contributed by atoms with Crippen molar-refractivity contribution in [2.75, 3.05) is 50.1 Å². The second-order valence-electron chi connectivity index (χ2n) is 11.6. The van der Waals surface area contributed by atoms with Crippen molar-refractivity contribution in [2.45, 2.75) is 20.8 Å². The van der Waals surface area contributed by atoms with E-state index >= 15 is 0 Å². The van der Waals surface area contributed by atoms with E-state index in [1.54, 1.807) is 11.9 Å². The molecule has 0 radical (unpaired) electrons. The Kier molecular flexibility index (Phi) is 7.40. The predicted octanol–water partition coefficient (Wildman–Crippen LogP) is 6.12. The molecular weight excluding hydrogens is 534 g/mol. The molecule has 0 saturated carbocycles. The van der Waals surface area contributed by atoms with Crippen LogP contribution in [0.3, 0.4) is 0 Å². The summed E-state index contributed by atoms with van der Waals surface area (Å²) in [5.74, 6) is -0.147. The van der Waals surface area contributed by atoms with Crippen molar-refractivity contribution in [1.82, 2.24) is 24.6 Å². The van der Waals surface area contributed by atoms with Gasteiger partial charge in [0, 0.05) is 85.6 Å². The van der Waals surface area contributed by atoms with Gasteiger partial charge in [-0.15, -0.1) is 0 Å². The maximum Gasteiger partial charge on any atom is 0.250 e. The van der Waals surface area contributed by atoms with E-state index in [-0.39, 0.29) is 5.91 Å². The quantitative estimate of drug-likeness (QED) is 0.248. The lowest BCUT2D eigenvalue weighted by molar-refractivity contribution is -0.113. The highest BCUT2D eigenvalue weighted by atomic mass is 16.2. The van der Waals surface area contributed by atoms with Gasteiger partial charge in [0.05, 0.1) is 11.9 Å². The Bertz CT molecular complexity index is 1840. The van der Waals surface area contributed by atoms with Crippen LogP contribution in [-0.4, -0.2) is 70.8 Å². The Morgan fingerprint density at radius 1 is 0.953 bits per heavy atom. The van der Waals surface area contributed by atoms with Gasteiger partial charge in [0.15, 0.2) is 0 Å². The average molecular weight is 574 g/mol. The first-order chi connectivity index (χ1) is 20.7. The first-order valence-electron chi connectivity index (χ1n) is 14.7. The molecule has 1 fully saturated rings. The van der Waals surface area contributed by atoms with Crippen LogP contribution in [0, 0.1) is 20.8 Å². The van der Waals surface area contributed by atoms with Gasteiger partial charge in [-0.1, -0.05) is 30.8 Å². The Labute approximate surface area is 253 Å². The Hall–Kier alpha value is -4.69. The van der Waals surface area contributed by atoms with Crippen LogP contribution in [0.5, 0.6) is 0 Å². The largest absolute Gasteiger partial charge is 0.369 e. The number of nitrogens with one attached hydrogen (secondary N) is 1. The lowest BCUT2D eigenvalue weighted by Gasteiger charge is -2.34. The second-order valence-corrected chi connectivity index (χ2v) is 11.6. The number of aromatic amines is 1. The number of hydrogen-bond acceptors (Lipinski definition) is 5. The van der Waals surface area contributed by atoms with Gasteiger partial charge in [-0.2, -0.15) is 5.10 Å². The van der Waals surface area contributed by atoms with Gasteiger partial charge in [-0.05, 0) is 74.3 Å². The average Bonchev–Trinajstić information content (AvgIpc) is 3.57. The standard InChI is InChI=1S/C35H39N7O/c1-8-31(43)40(6)30-19-26(10-9-22(30)2)33-32-23(3)28(29-21-37-41(7)24(29)4)20-36-35(32)38-34(33)25-11-13-27(14-12-25)42-17-15-39(5)16-18-42/h8-14,19-21H,1,15-18H2,2-7H3,(H,36,38). The number of likely N-dealkylation sites (N-methyl/N-ethyl adjacent to an activating group) is 2.